The Bertz CT molecular complexity index is 1050. The normalized spacial score (nSPS) is 17.6. The van der Waals surface area contributed by atoms with Crippen LogP contribution in [0.5, 0.6) is 5.75 Å². The van der Waals surface area contributed by atoms with Gasteiger partial charge < -0.3 is 19.5 Å². The van der Waals surface area contributed by atoms with Gasteiger partial charge in [-0.1, -0.05) is 41.9 Å². The van der Waals surface area contributed by atoms with Crippen molar-refractivity contribution in [1.82, 2.24) is 4.90 Å². The zero-order chi connectivity index (χ0) is 23.3. The first-order valence-corrected chi connectivity index (χ1v) is 10.7. The van der Waals surface area contributed by atoms with Crippen LogP contribution in [0.2, 0.25) is 10.0 Å². The highest BCUT2D eigenvalue weighted by molar-refractivity contribution is 6.46. The highest BCUT2D eigenvalue weighted by Gasteiger charge is 2.45. The lowest BCUT2D eigenvalue weighted by molar-refractivity contribution is -0.140. The Kier molecular flexibility index (Phi) is 7.96. The van der Waals surface area contributed by atoms with Crippen LogP contribution in [0.1, 0.15) is 23.6 Å². The number of hydrogen-bond acceptors (Lipinski definition) is 5. The van der Waals surface area contributed by atoms with Crippen molar-refractivity contribution >= 4 is 40.7 Å². The summed E-state index contributed by atoms with van der Waals surface area (Å²) in [6.07, 6.45) is 2.15. The Morgan fingerprint density at radius 3 is 2.50 bits per heavy atom. The second-order valence-corrected chi connectivity index (χ2v) is 7.95. The molecule has 1 aliphatic heterocycles. The molecule has 0 aromatic heterocycles. The van der Waals surface area contributed by atoms with Gasteiger partial charge in [0.2, 0.25) is 0 Å². The predicted molar refractivity (Wildman–Crippen MR) is 124 cm³/mol. The lowest BCUT2D eigenvalue weighted by atomic mass is 9.95. The van der Waals surface area contributed by atoms with Crippen LogP contribution in [-0.4, -0.2) is 48.6 Å². The number of ketones is 1. The molecule has 0 spiro atoms. The van der Waals surface area contributed by atoms with E-state index < -0.39 is 17.7 Å². The van der Waals surface area contributed by atoms with Gasteiger partial charge in [0, 0.05) is 25.8 Å². The molecule has 8 heteroatoms. The molecule has 168 valence electrons. The highest BCUT2D eigenvalue weighted by Crippen LogP contribution is 2.41. The number of Topliss-reactive ketones (excluding diaryl/α,β-unsaturated/α-hetero) is 1. The van der Waals surface area contributed by atoms with Crippen LogP contribution in [0.4, 0.5) is 0 Å². The van der Waals surface area contributed by atoms with E-state index in [0.29, 0.717) is 41.5 Å². The molecule has 0 radical (unpaired) electrons. The summed E-state index contributed by atoms with van der Waals surface area (Å²) in [5, 5.41) is 11.7. The SMILES string of the molecule is C=CCOc1ccc(C(O)=C2C(=O)C(=O)N(CCCOC)[C@@H]2c2ccc(Cl)c(Cl)c2)cc1. The molecule has 3 rings (SSSR count). The van der Waals surface area contributed by atoms with E-state index in [4.69, 9.17) is 32.7 Å². The number of aliphatic hydroxyl groups is 1. The van der Waals surface area contributed by atoms with Gasteiger partial charge in [-0.25, -0.2) is 0 Å². The first kappa shape index (κ1) is 23.9. The third kappa shape index (κ3) is 4.99. The quantitative estimate of drug-likeness (QED) is 0.181. The molecule has 2 aromatic rings. The van der Waals surface area contributed by atoms with Crippen LogP contribution < -0.4 is 4.74 Å². The molecular weight excluding hydrogens is 453 g/mol. The van der Waals surface area contributed by atoms with Crippen molar-refractivity contribution < 1.29 is 24.2 Å². The molecule has 0 aliphatic carbocycles. The fourth-order valence-corrected chi connectivity index (χ4v) is 3.85. The summed E-state index contributed by atoms with van der Waals surface area (Å²) in [6.45, 7) is 4.63. The van der Waals surface area contributed by atoms with Gasteiger partial charge in [-0.05, 0) is 48.4 Å². The van der Waals surface area contributed by atoms with Gasteiger partial charge in [0.05, 0.1) is 21.7 Å². The molecule has 6 nitrogen and oxygen atoms in total. The van der Waals surface area contributed by atoms with Crippen molar-refractivity contribution in [2.45, 2.75) is 12.5 Å². The third-order valence-electron chi connectivity index (χ3n) is 5.04. The molecule has 1 aliphatic rings. The molecule has 32 heavy (non-hydrogen) atoms. The van der Waals surface area contributed by atoms with E-state index in [1.807, 2.05) is 0 Å². The van der Waals surface area contributed by atoms with E-state index >= 15 is 0 Å². The number of methoxy groups -OCH3 is 1. The number of rotatable bonds is 9. The average Bonchev–Trinajstić information content (AvgIpc) is 3.04. The maximum atomic E-state index is 13.0. The Labute approximate surface area is 196 Å². The van der Waals surface area contributed by atoms with Gasteiger partial charge in [0.25, 0.3) is 11.7 Å². The second-order valence-electron chi connectivity index (χ2n) is 7.14. The average molecular weight is 476 g/mol. The smallest absolute Gasteiger partial charge is 0.295 e. The fraction of sp³-hybridized carbons (Fsp3) is 0.250. The number of hydrogen-bond donors (Lipinski definition) is 1. The van der Waals surface area contributed by atoms with Gasteiger partial charge in [0.1, 0.15) is 18.1 Å². The van der Waals surface area contributed by atoms with Crippen LogP contribution in [0.15, 0.2) is 60.7 Å². The zero-order valence-electron chi connectivity index (χ0n) is 17.5. The fourth-order valence-electron chi connectivity index (χ4n) is 3.54. The molecule has 0 unspecified atom stereocenters. The third-order valence-corrected chi connectivity index (χ3v) is 5.78. The number of halogens is 2. The largest absolute Gasteiger partial charge is 0.507 e. The van der Waals surface area contributed by atoms with E-state index in [0.717, 1.165) is 0 Å². The maximum Gasteiger partial charge on any atom is 0.295 e. The van der Waals surface area contributed by atoms with Crippen LogP contribution in [-0.2, 0) is 14.3 Å². The molecule has 0 saturated carbocycles. The summed E-state index contributed by atoms with van der Waals surface area (Å²) in [6, 6.07) is 10.7. The number of nitrogens with zero attached hydrogens (tertiary/aromatic N) is 1. The van der Waals surface area contributed by atoms with Gasteiger partial charge in [-0.2, -0.15) is 0 Å². The summed E-state index contributed by atoms with van der Waals surface area (Å²) >= 11 is 12.3. The minimum Gasteiger partial charge on any atom is -0.507 e. The standard InChI is InChI=1S/C24H23Cl2NO5/c1-3-12-32-17-8-5-15(6-9-17)22(28)20-21(16-7-10-18(25)19(26)14-16)27(11-4-13-31-2)24(30)23(20)29/h3,5-10,14,21,28H,1,4,11-13H2,2H3/t21-/m1/s1. The number of carbonyl (C=O) groups is 2. The van der Waals surface area contributed by atoms with Gasteiger partial charge >= 0.3 is 0 Å². The molecule has 1 atom stereocenters. The minimum atomic E-state index is -0.807. The number of likely N-dealkylation sites (tertiary alicyclic amines) is 1. The number of benzene rings is 2. The van der Waals surface area contributed by atoms with Crippen molar-refractivity contribution in [2.24, 2.45) is 0 Å². The van der Waals surface area contributed by atoms with Crippen LogP contribution in [0, 0.1) is 0 Å². The molecule has 1 amide bonds. The number of ether oxygens (including phenoxy) is 2. The Balaban J connectivity index is 2.07. The molecule has 2 aromatic carbocycles. The van der Waals surface area contributed by atoms with Crippen molar-refractivity contribution in [3.05, 3.63) is 81.9 Å². The number of carbonyl (C=O) groups excluding carboxylic acids is 2. The number of amides is 1. The molecule has 1 heterocycles. The van der Waals surface area contributed by atoms with E-state index in [1.54, 1.807) is 55.7 Å². The summed E-state index contributed by atoms with van der Waals surface area (Å²) in [5.41, 5.74) is 0.949. The summed E-state index contributed by atoms with van der Waals surface area (Å²) in [5.74, 6) is -1.14. The second kappa shape index (κ2) is 10.7. The van der Waals surface area contributed by atoms with E-state index in [1.165, 1.54) is 4.90 Å². The molecule has 1 N–H and O–H groups in total. The first-order valence-electron chi connectivity index (χ1n) is 9.95. The number of aliphatic hydroxyl groups excluding tert-OH is 1. The molecular formula is C24H23Cl2NO5. The van der Waals surface area contributed by atoms with Crippen LogP contribution in [0.3, 0.4) is 0 Å². The molecule has 1 fully saturated rings. The summed E-state index contributed by atoms with van der Waals surface area (Å²) in [4.78, 5) is 27.3. The van der Waals surface area contributed by atoms with Crippen molar-refractivity contribution in [2.75, 3.05) is 26.9 Å². The van der Waals surface area contributed by atoms with E-state index in [2.05, 4.69) is 6.58 Å². The zero-order valence-corrected chi connectivity index (χ0v) is 19.0. The lowest BCUT2D eigenvalue weighted by Crippen LogP contribution is -2.31. The molecule has 0 bridgehead atoms. The first-order chi connectivity index (χ1) is 15.4. The Hall–Kier alpha value is -2.80. The topological polar surface area (TPSA) is 76.1 Å². The lowest BCUT2D eigenvalue weighted by Gasteiger charge is -2.25. The monoisotopic (exact) mass is 475 g/mol. The van der Waals surface area contributed by atoms with Gasteiger partial charge in [-0.3, -0.25) is 9.59 Å². The summed E-state index contributed by atoms with van der Waals surface area (Å²) < 4.78 is 10.5. The van der Waals surface area contributed by atoms with Crippen molar-refractivity contribution in [3.63, 3.8) is 0 Å². The van der Waals surface area contributed by atoms with Crippen LogP contribution >= 0.6 is 23.2 Å². The van der Waals surface area contributed by atoms with Crippen molar-refractivity contribution in [1.29, 1.82) is 0 Å². The van der Waals surface area contributed by atoms with Crippen LogP contribution in [0.25, 0.3) is 5.76 Å². The van der Waals surface area contributed by atoms with Gasteiger partial charge in [0.15, 0.2) is 0 Å². The maximum absolute atomic E-state index is 13.0. The Morgan fingerprint density at radius 1 is 1.16 bits per heavy atom. The minimum absolute atomic E-state index is 0.00874. The summed E-state index contributed by atoms with van der Waals surface area (Å²) in [7, 11) is 1.56. The Morgan fingerprint density at radius 2 is 1.88 bits per heavy atom. The molecule has 1 saturated heterocycles. The predicted octanol–water partition coefficient (Wildman–Crippen LogP) is 5.02. The van der Waals surface area contributed by atoms with E-state index in [9.17, 15) is 14.7 Å². The highest BCUT2D eigenvalue weighted by atomic mass is 35.5. The van der Waals surface area contributed by atoms with Crippen molar-refractivity contribution in [3.8, 4) is 5.75 Å². The van der Waals surface area contributed by atoms with E-state index in [-0.39, 0.29) is 22.9 Å². The van der Waals surface area contributed by atoms with Gasteiger partial charge in [-0.15, -0.1) is 0 Å².